The number of likely N-dealkylation sites (tertiary alicyclic amines) is 1. The minimum atomic E-state index is -4.53. The Morgan fingerprint density at radius 3 is 2.48 bits per heavy atom. The number of alkyl halides is 3. The molecule has 11 heteroatoms. The van der Waals surface area contributed by atoms with Crippen LogP contribution < -0.4 is 5.32 Å². The molecule has 1 saturated heterocycles. The number of piperidine rings is 1. The smallest absolute Gasteiger partial charge is 0.364 e. The first-order valence-corrected chi connectivity index (χ1v) is 9.84. The number of halogens is 3. The molecule has 3 aromatic rings. The van der Waals surface area contributed by atoms with Gasteiger partial charge in [0.15, 0.2) is 5.69 Å². The number of amides is 1. The lowest BCUT2D eigenvalue weighted by molar-refractivity contribution is -0.141. The minimum Gasteiger partial charge on any atom is -0.364 e. The van der Waals surface area contributed by atoms with Gasteiger partial charge in [-0.05, 0) is 43.0 Å². The highest BCUT2D eigenvalue weighted by atomic mass is 19.4. The Kier molecular flexibility index (Phi) is 4.60. The quantitative estimate of drug-likeness (QED) is 0.686. The Hall–Kier alpha value is -3.50. The normalized spacial score (nSPS) is 22.7. The van der Waals surface area contributed by atoms with Gasteiger partial charge in [-0.25, -0.2) is 0 Å². The van der Waals surface area contributed by atoms with Crippen molar-refractivity contribution in [1.82, 2.24) is 30.1 Å². The van der Waals surface area contributed by atoms with Gasteiger partial charge in [0.2, 0.25) is 0 Å². The molecular weight excluding hydrogens is 411 g/mol. The second-order valence-corrected chi connectivity index (χ2v) is 7.75. The molecule has 8 nitrogen and oxygen atoms in total. The molecule has 160 valence electrons. The Morgan fingerprint density at radius 1 is 1.03 bits per heavy atom. The third-order valence-corrected chi connectivity index (χ3v) is 5.80. The third-order valence-electron chi connectivity index (χ3n) is 5.80. The number of para-hydroxylation sites is 1. The molecule has 1 amide bonds. The van der Waals surface area contributed by atoms with Crippen LogP contribution in [0.3, 0.4) is 0 Å². The lowest BCUT2D eigenvalue weighted by Gasteiger charge is -2.34. The first-order chi connectivity index (χ1) is 14.9. The zero-order valence-corrected chi connectivity index (χ0v) is 16.2. The highest BCUT2D eigenvalue weighted by molar-refractivity contribution is 5.98. The number of nitrogens with one attached hydrogen (secondary N) is 1. The van der Waals surface area contributed by atoms with E-state index in [2.05, 4.69) is 25.7 Å². The van der Waals surface area contributed by atoms with Gasteiger partial charge in [-0.2, -0.15) is 28.2 Å². The van der Waals surface area contributed by atoms with E-state index in [9.17, 15) is 18.0 Å². The SMILES string of the molecule is O=C(c1ccccc1-n1nccn1)N1C[C@H]2C[C@@H](Nc3ccc(C(F)(F)F)nn3)[C@@H]1C2. The van der Waals surface area contributed by atoms with Crippen LogP contribution in [0.25, 0.3) is 5.69 Å². The van der Waals surface area contributed by atoms with Gasteiger partial charge in [-0.15, -0.1) is 10.2 Å². The summed E-state index contributed by atoms with van der Waals surface area (Å²) in [4.78, 5) is 16.6. The van der Waals surface area contributed by atoms with Crippen LogP contribution in [0.15, 0.2) is 48.8 Å². The van der Waals surface area contributed by atoms with Crippen LogP contribution in [0, 0.1) is 5.92 Å². The standard InChI is InChI=1S/C20H18F3N7O/c21-20(22,23)17-5-6-18(28-27-17)26-14-9-12-10-16(14)29(11-12)19(31)13-3-1-2-4-15(13)30-24-7-8-25-30/h1-8,12,14,16H,9-11H2,(H,26,28)/t12-,14+,16-/m0/s1. The monoisotopic (exact) mass is 429 g/mol. The van der Waals surface area contributed by atoms with Gasteiger partial charge in [-0.3, -0.25) is 4.79 Å². The van der Waals surface area contributed by atoms with Crippen LogP contribution in [0.2, 0.25) is 0 Å². The Morgan fingerprint density at radius 2 is 1.81 bits per heavy atom. The lowest BCUT2D eigenvalue weighted by Crippen LogP contribution is -2.48. The van der Waals surface area contributed by atoms with Crippen molar-refractivity contribution in [2.24, 2.45) is 5.92 Å². The molecule has 3 heterocycles. The summed E-state index contributed by atoms with van der Waals surface area (Å²) in [5, 5.41) is 18.3. The molecule has 3 atom stereocenters. The van der Waals surface area contributed by atoms with Crippen molar-refractivity contribution in [2.45, 2.75) is 31.1 Å². The lowest BCUT2D eigenvalue weighted by atomic mass is 10.0. The van der Waals surface area contributed by atoms with Crippen molar-refractivity contribution in [3.8, 4) is 5.69 Å². The van der Waals surface area contributed by atoms with Crippen molar-refractivity contribution in [2.75, 3.05) is 11.9 Å². The first-order valence-electron chi connectivity index (χ1n) is 9.84. The van der Waals surface area contributed by atoms with Crippen molar-refractivity contribution < 1.29 is 18.0 Å². The van der Waals surface area contributed by atoms with Crippen LogP contribution in [-0.2, 0) is 6.18 Å². The molecule has 0 unspecified atom stereocenters. The number of fused-ring (bicyclic) bond motifs is 2. The van der Waals surface area contributed by atoms with E-state index >= 15 is 0 Å². The molecule has 1 N–H and O–H groups in total. The van der Waals surface area contributed by atoms with Crippen molar-refractivity contribution in [3.63, 3.8) is 0 Å². The summed E-state index contributed by atoms with van der Waals surface area (Å²) in [5.74, 6) is 0.466. The molecule has 2 aromatic heterocycles. The number of anilines is 1. The topological polar surface area (TPSA) is 88.8 Å². The second-order valence-electron chi connectivity index (χ2n) is 7.75. The number of nitrogens with zero attached hydrogens (tertiary/aromatic N) is 6. The van der Waals surface area contributed by atoms with Crippen molar-refractivity contribution in [1.29, 1.82) is 0 Å². The zero-order chi connectivity index (χ0) is 21.6. The van der Waals surface area contributed by atoms with Crippen molar-refractivity contribution >= 4 is 11.7 Å². The number of carbonyl (C=O) groups excluding carboxylic acids is 1. The first kappa shape index (κ1) is 19.5. The molecule has 1 aromatic carbocycles. The Balaban J connectivity index is 1.35. The van der Waals surface area contributed by atoms with Gasteiger partial charge in [0.05, 0.1) is 29.7 Å². The number of hydrogen-bond acceptors (Lipinski definition) is 6. The molecule has 1 saturated carbocycles. The summed E-state index contributed by atoms with van der Waals surface area (Å²) in [6.07, 6.45) is 0.214. The molecule has 2 aliphatic rings. The van der Waals surface area contributed by atoms with Crippen LogP contribution in [0.5, 0.6) is 0 Å². The Labute approximate surface area is 175 Å². The molecule has 31 heavy (non-hydrogen) atoms. The van der Waals surface area contributed by atoms with Gasteiger partial charge < -0.3 is 10.2 Å². The number of rotatable bonds is 4. The highest BCUT2D eigenvalue weighted by Gasteiger charge is 2.47. The van der Waals surface area contributed by atoms with Gasteiger partial charge in [0, 0.05) is 12.6 Å². The fraction of sp³-hybridized carbons (Fsp3) is 0.350. The van der Waals surface area contributed by atoms with Crippen molar-refractivity contribution in [3.05, 3.63) is 60.0 Å². The van der Waals surface area contributed by atoms with E-state index in [-0.39, 0.29) is 23.8 Å². The summed E-state index contributed by atoms with van der Waals surface area (Å²) >= 11 is 0. The minimum absolute atomic E-state index is 0.0831. The maximum absolute atomic E-state index is 13.4. The van der Waals surface area contributed by atoms with E-state index < -0.39 is 11.9 Å². The molecule has 2 bridgehead atoms. The highest BCUT2D eigenvalue weighted by Crippen LogP contribution is 2.40. The summed E-state index contributed by atoms with van der Waals surface area (Å²) in [5.41, 5.74) is 0.0596. The summed E-state index contributed by atoms with van der Waals surface area (Å²) in [6, 6.07) is 9.13. The van der Waals surface area contributed by atoms with E-state index in [1.807, 2.05) is 11.0 Å². The number of hydrogen-bond donors (Lipinski definition) is 1. The fourth-order valence-corrected chi connectivity index (χ4v) is 4.49. The van der Waals surface area contributed by atoms with Crippen LogP contribution >= 0.6 is 0 Å². The summed E-state index contributed by atoms with van der Waals surface area (Å²) in [6.45, 7) is 0.640. The maximum Gasteiger partial charge on any atom is 0.435 e. The molecule has 2 fully saturated rings. The molecule has 1 aliphatic carbocycles. The van der Waals surface area contributed by atoms with Gasteiger partial charge >= 0.3 is 6.18 Å². The van der Waals surface area contributed by atoms with Crippen LogP contribution in [0.4, 0.5) is 19.0 Å². The molecule has 0 spiro atoms. The largest absolute Gasteiger partial charge is 0.435 e. The van der Waals surface area contributed by atoms with E-state index in [1.165, 1.54) is 10.9 Å². The molecule has 0 radical (unpaired) electrons. The van der Waals surface area contributed by atoms with Gasteiger partial charge in [0.25, 0.3) is 5.91 Å². The summed E-state index contributed by atoms with van der Waals surface area (Å²) in [7, 11) is 0. The second kappa shape index (κ2) is 7.33. The fourth-order valence-electron chi connectivity index (χ4n) is 4.49. The number of aromatic nitrogens is 5. The summed E-state index contributed by atoms with van der Waals surface area (Å²) < 4.78 is 38.1. The van der Waals surface area contributed by atoms with E-state index in [1.54, 1.807) is 30.6 Å². The average Bonchev–Trinajstić information content (AvgIpc) is 3.50. The maximum atomic E-state index is 13.4. The number of benzene rings is 1. The van der Waals surface area contributed by atoms with E-state index in [0.29, 0.717) is 23.7 Å². The van der Waals surface area contributed by atoms with E-state index in [0.717, 1.165) is 18.9 Å². The molecular formula is C20H18F3N7O. The van der Waals surface area contributed by atoms with E-state index in [4.69, 9.17) is 0 Å². The predicted molar refractivity (Wildman–Crippen MR) is 103 cm³/mol. The molecule has 5 rings (SSSR count). The zero-order valence-electron chi connectivity index (χ0n) is 16.2. The Bertz CT molecular complexity index is 1080. The average molecular weight is 429 g/mol. The molecule has 1 aliphatic heterocycles. The number of carbonyl (C=O) groups is 1. The van der Waals surface area contributed by atoms with Crippen LogP contribution in [-0.4, -0.2) is 54.6 Å². The van der Waals surface area contributed by atoms with Gasteiger partial charge in [-0.1, -0.05) is 12.1 Å². The van der Waals surface area contributed by atoms with Gasteiger partial charge in [0.1, 0.15) is 5.82 Å². The predicted octanol–water partition coefficient (Wildman–Crippen LogP) is 2.79. The van der Waals surface area contributed by atoms with Crippen LogP contribution in [0.1, 0.15) is 28.9 Å². The third kappa shape index (κ3) is 3.60.